The van der Waals surface area contributed by atoms with Crippen molar-refractivity contribution in [3.63, 3.8) is 0 Å². The Morgan fingerprint density at radius 1 is 1.43 bits per heavy atom. The molecule has 1 saturated heterocycles. The smallest absolute Gasteiger partial charge is 0.327 e. The van der Waals surface area contributed by atoms with Crippen LogP contribution in [0.15, 0.2) is 0 Å². The van der Waals surface area contributed by atoms with Crippen LogP contribution < -0.4 is 5.32 Å². The van der Waals surface area contributed by atoms with Gasteiger partial charge in [0.2, 0.25) is 5.91 Å². The molecular formula is C13H23N3O4S. The van der Waals surface area contributed by atoms with Crippen molar-refractivity contribution in [2.45, 2.75) is 44.1 Å². The van der Waals surface area contributed by atoms with Gasteiger partial charge in [-0.1, -0.05) is 13.3 Å². The minimum absolute atomic E-state index is 0.155. The van der Waals surface area contributed by atoms with Gasteiger partial charge in [-0.2, -0.15) is 0 Å². The number of hydrogen-bond donors (Lipinski definition) is 2. The summed E-state index contributed by atoms with van der Waals surface area (Å²) in [5.74, 6) is -0.861. The van der Waals surface area contributed by atoms with Crippen LogP contribution in [0.4, 0.5) is 4.79 Å². The molecule has 1 rings (SSSR count). The van der Waals surface area contributed by atoms with Crippen molar-refractivity contribution in [3.8, 4) is 0 Å². The first-order chi connectivity index (χ1) is 9.79. The number of hydrogen-bond acceptors (Lipinski definition) is 4. The topological polar surface area (TPSA) is 90.0 Å². The standard InChI is InChI=1S/C13H23N3O4S/c1-5-6-10-16(9(7-21-10)12(18)19)13(20)14-8(2)11(17)15(3)4/h8-10H,5-7H2,1-4H3,(H,14,20)(H,18,19). The van der Waals surface area contributed by atoms with Crippen LogP contribution in [-0.2, 0) is 9.59 Å². The Hall–Kier alpha value is -1.44. The lowest BCUT2D eigenvalue weighted by Gasteiger charge is -2.29. The van der Waals surface area contributed by atoms with E-state index in [-0.39, 0.29) is 11.3 Å². The molecule has 7 nitrogen and oxygen atoms in total. The Morgan fingerprint density at radius 3 is 2.52 bits per heavy atom. The highest BCUT2D eigenvalue weighted by Crippen LogP contribution is 2.32. The second-order valence-corrected chi connectivity index (χ2v) is 6.45. The van der Waals surface area contributed by atoms with Gasteiger partial charge in [0, 0.05) is 19.8 Å². The minimum Gasteiger partial charge on any atom is -0.480 e. The highest BCUT2D eigenvalue weighted by Gasteiger charge is 2.41. The van der Waals surface area contributed by atoms with E-state index in [0.717, 1.165) is 12.8 Å². The molecule has 8 heteroatoms. The van der Waals surface area contributed by atoms with Crippen LogP contribution in [0.25, 0.3) is 0 Å². The third kappa shape index (κ3) is 4.26. The third-order valence-electron chi connectivity index (χ3n) is 3.30. The molecule has 0 saturated carbocycles. The van der Waals surface area contributed by atoms with Gasteiger partial charge in [0.15, 0.2) is 0 Å². The molecular weight excluding hydrogens is 294 g/mol. The van der Waals surface area contributed by atoms with Crippen molar-refractivity contribution < 1.29 is 19.5 Å². The first-order valence-electron chi connectivity index (χ1n) is 6.94. The van der Waals surface area contributed by atoms with Crippen molar-refractivity contribution in [2.75, 3.05) is 19.8 Å². The second kappa shape index (κ2) is 7.53. The summed E-state index contributed by atoms with van der Waals surface area (Å²) in [4.78, 5) is 38.2. The average molecular weight is 317 g/mol. The predicted molar refractivity (Wildman–Crippen MR) is 81.1 cm³/mol. The maximum atomic E-state index is 12.4. The molecule has 0 bridgehead atoms. The van der Waals surface area contributed by atoms with Crippen LogP contribution >= 0.6 is 11.8 Å². The molecule has 1 fully saturated rings. The zero-order chi connectivity index (χ0) is 16.2. The molecule has 1 aliphatic rings. The number of amides is 3. The Morgan fingerprint density at radius 2 is 2.05 bits per heavy atom. The van der Waals surface area contributed by atoms with Gasteiger partial charge in [-0.15, -0.1) is 11.8 Å². The van der Waals surface area contributed by atoms with E-state index in [2.05, 4.69) is 5.32 Å². The number of urea groups is 1. The van der Waals surface area contributed by atoms with E-state index in [9.17, 15) is 19.5 Å². The number of nitrogens with zero attached hydrogens (tertiary/aromatic N) is 2. The van der Waals surface area contributed by atoms with E-state index in [1.54, 1.807) is 21.0 Å². The maximum absolute atomic E-state index is 12.4. The van der Waals surface area contributed by atoms with Gasteiger partial charge in [0.25, 0.3) is 0 Å². The van der Waals surface area contributed by atoms with Crippen LogP contribution in [0.3, 0.4) is 0 Å². The highest BCUT2D eigenvalue weighted by atomic mass is 32.2. The quantitative estimate of drug-likeness (QED) is 0.783. The molecule has 2 N–H and O–H groups in total. The molecule has 3 amide bonds. The summed E-state index contributed by atoms with van der Waals surface area (Å²) < 4.78 is 0. The number of carbonyl (C=O) groups is 3. The van der Waals surface area contributed by atoms with Crippen molar-refractivity contribution in [3.05, 3.63) is 0 Å². The summed E-state index contributed by atoms with van der Waals surface area (Å²) in [5, 5.41) is 11.7. The van der Waals surface area contributed by atoms with Crippen molar-refractivity contribution in [1.82, 2.24) is 15.1 Å². The number of carboxylic acids is 1. The molecule has 0 aromatic carbocycles. The van der Waals surface area contributed by atoms with E-state index >= 15 is 0 Å². The largest absolute Gasteiger partial charge is 0.480 e. The van der Waals surface area contributed by atoms with Gasteiger partial charge in [-0.25, -0.2) is 9.59 Å². The van der Waals surface area contributed by atoms with E-state index in [1.807, 2.05) is 6.92 Å². The third-order valence-corrected chi connectivity index (χ3v) is 4.65. The second-order valence-electron chi connectivity index (χ2n) is 5.24. The van der Waals surface area contributed by atoms with Crippen molar-refractivity contribution in [2.24, 2.45) is 0 Å². The van der Waals surface area contributed by atoms with Gasteiger partial charge >= 0.3 is 12.0 Å². The number of aliphatic carboxylic acids is 1. The molecule has 0 aromatic heterocycles. The summed E-state index contributed by atoms with van der Waals surface area (Å²) in [6.45, 7) is 3.58. The minimum atomic E-state index is -1.01. The zero-order valence-electron chi connectivity index (χ0n) is 12.8. The zero-order valence-corrected chi connectivity index (χ0v) is 13.6. The molecule has 120 valence electrons. The number of rotatable bonds is 5. The predicted octanol–water partition coefficient (Wildman–Crippen LogP) is 0.801. The van der Waals surface area contributed by atoms with Crippen LogP contribution in [0.1, 0.15) is 26.7 Å². The van der Waals surface area contributed by atoms with Crippen molar-refractivity contribution >= 4 is 29.7 Å². The molecule has 0 aliphatic carbocycles. The van der Waals surface area contributed by atoms with Crippen LogP contribution in [0.5, 0.6) is 0 Å². The van der Waals surface area contributed by atoms with E-state index in [1.165, 1.54) is 21.6 Å². The average Bonchev–Trinajstić information content (AvgIpc) is 2.81. The van der Waals surface area contributed by atoms with Gasteiger partial charge in [-0.3, -0.25) is 9.69 Å². The fourth-order valence-electron chi connectivity index (χ4n) is 2.20. The van der Waals surface area contributed by atoms with Gasteiger partial charge < -0.3 is 15.3 Å². The first kappa shape index (κ1) is 17.6. The highest BCUT2D eigenvalue weighted by molar-refractivity contribution is 8.00. The Labute approximate surface area is 129 Å². The molecule has 1 aliphatic heterocycles. The van der Waals surface area contributed by atoms with Gasteiger partial charge in [0.05, 0.1) is 5.37 Å². The van der Waals surface area contributed by atoms with Gasteiger partial charge in [0.1, 0.15) is 12.1 Å². The van der Waals surface area contributed by atoms with E-state index in [0.29, 0.717) is 5.75 Å². The molecule has 0 spiro atoms. The number of carboxylic acid groups (broad SMARTS) is 1. The van der Waals surface area contributed by atoms with Crippen LogP contribution in [0, 0.1) is 0 Å². The summed E-state index contributed by atoms with van der Waals surface area (Å²) in [7, 11) is 3.22. The SMILES string of the molecule is CCCC1SCC(C(=O)O)N1C(=O)NC(C)C(=O)N(C)C. The fraction of sp³-hybridized carbons (Fsp3) is 0.769. The molecule has 3 unspecified atom stereocenters. The fourth-order valence-corrected chi connectivity index (χ4v) is 3.72. The maximum Gasteiger partial charge on any atom is 0.327 e. The van der Waals surface area contributed by atoms with Crippen LogP contribution in [0.2, 0.25) is 0 Å². The Balaban J connectivity index is 2.79. The van der Waals surface area contributed by atoms with Crippen molar-refractivity contribution in [1.29, 1.82) is 0 Å². The summed E-state index contributed by atoms with van der Waals surface area (Å²) in [5.41, 5.74) is 0. The monoisotopic (exact) mass is 317 g/mol. The van der Waals surface area contributed by atoms with Gasteiger partial charge in [-0.05, 0) is 13.3 Å². The number of thioether (sulfide) groups is 1. The lowest BCUT2D eigenvalue weighted by atomic mass is 10.2. The number of nitrogens with one attached hydrogen (secondary N) is 1. The van der Waals surface area contributed by atoms with Crippen LogP contribution in [-0.4, -0.2) is 70.1 Å². The molecule has 0 radical (unpaired) electrons. The normalized spacial score (nSPS) is 22.8. The Bertz CT molecular complexity index is 416. The lowest BCUT2D eigenvalue weighted by Crippen LogP contribution is -2.54. The number of likely N-dealkylation sites (N-methyl/N-ethyl adjacent to an activating group) is 1. The first-order valence-corrected chi connectivity index (χ1v) is 7.98. The number of carbonyl (C=O) groups excluding carboxylic acids is 2. The summed E-state index contributed by atoms with van der Waals surface area (Å²) in [6, 6.07) is -2.02. The molecule has 3 atom stereocenters. The molecule has 1 heterocycles. The lowest BCUT2D eigenvalue weighted by molar-refractivity contribution is -0.141. The Kier molecular flexibility index (Phi) is 6.32. The molecule has 21 heavy (non-hydrogen) atoms. The summed E-state index contributed by atoms with van der Waals surface area (Å²) in [6.07, 6.45) is 1.60. The molecule has 0 aromatic rings. The van der Waals surface area contributed by atoms with E-state index < -0.39 is 24.1 Å². The van der Waals surface area contributed by atoms with E-state index in [4.69, 9.17) is 0 Å². The summed E-state index contributed by atoms with van der Waals surface area (Å²) >= 11 is 1.47.